The van der Waals surface area contributed by atoms with E-state index in [1.165, 1.54) is 0 Å². The number of nitrogens with zero attached hydrogens (tertiary/aromatic N) is 2. The Morgan fingerprint density at radius 1 is 1.28 bits per heavy atom. The van der Waals surface area contributed by atoms with Crippen LogP contribution >= 0.6 is 24.8 Å². The standard InChI is InChI=1S/C19H27N5O3.2ClH/c1-23-10-6-17(25)22-15-11-13(4-5-16(15)23)19(27)24-9-2-3-14(12-24)18(26)21-8-7-20;;/h4-5,11,14H,2-3,6-10,12,20H2,1H3,(H,21,26)(H,22,25);2*1H. The Morgan fingerprint density at radius 2 is 2.03 bits per heavy atom. The van der Waals surface area contributed by atoms with E-state index in [4.69, 9.17) is 5.73 Å². The Bertz CT molecular complexity index is 747. The van der Waals surface area contributed by atoms with E-state index in [-0.39, 0.29) is 48.5 Å². The van der Waals surface area contributed by atoms with Gasteiger partial charge in [0.25, 0.3) is 5.91 Å². The van der Waals surface area contributed by atoms with E-state index in [2.05, 4.69) is 10.6 Å². The van der Waals surface area contributed by atoms with Crippen LogP contribution in [0.15, 0.2) is 18.2 Å². The molecule has 2 aliphatic rings. The zero-order valence-electron chi connectivity index (χ0n) is 16.5. The smallest absolute Gasteiger partial charge is 0.253 e. The van der Waals surface area contributed by atoms with Gasteiger partial charge >= 0.3 is 0 Å². The first-order valence-corrected chi connectivity index (χ1v) is 9.41. The average molecular weight is 446 g/mol. The molecule has 162 valence electrons. The van der Waals surface area contributed by atoms with Crippen LogP contribution in [-0.2, 0) is 9.59 Å². The molecule has 2 aliphatic heterocycles. The largest absolute Gasteiger partial charge is 0.372 e. The van der Waals surface area contributed by atoms with Crippen molar-refractivity contribution in [3.63, 3.8) is 0 Å². The fourth-order valence-corrected chi connectivity index (χ4v) is 3.60. The summed E-state index contributed by atoms with van der Waals surface area (Å²) in [5.41, 5.74) is 7.50. The molecule has 29 heavy (non-hydrogen) atoms. The quantitative estimate of drug-likeness (QED) is 0.645. The lowest BCUT2D eigenvalue weighted by Gasteiger charge is -2.32. The number of amides is 3. The number of halogens is 2. The van der Waals surface area contributed by atoms with Gasteiger partial charge in [-0.15, -0.1) is 24.8 Å². The van der Waals surface area contributed by atoms with E-state index in [1.807, 2.05) is 18.0 Å². The molecule has 0 aliphatic carbocycles. The topological polar surface area (TPSA) is 108 Å². The first-order chi connectivity index (χ1) is 13.0. The Balaban J connectivity index is 0.00000210. The van der Waals surface area contributed by atoms with Gasteiger partial charge in [-0.3, -0.25) is 14.4 Å². The number of anilines is 2. The zero-order valence-corrected chi connectivity index (χ0v) is 18.1. The van der Waals surface area contributed by atoms with E-state index in [0.717, 1.165) is 18.5 Å². The van der Waals surface area contributed by atoms with Gasteiger partial charge in [-0.05, 0) is 31.0 Å². The normalized spacial score (nSPS) is 18.4. The van der Waals surface area contributed by atoms with Crippen molar-refractivity contribution in [2.24, 2.45) is 11.7 Å². The van der Waals surface area contributed by atoms with Crippen molar-refractivity contribution in [1.82, 2.24) is 10.2 Å². The summed E-state index contributed by atoms with van der Waals surface area (Å²) in [6, 6.07) is 5.38. The van der Waals surface area contributed by atoms with E-state index >= 15 is 0 Å². The maximum atomic E-state index is 13.0. The molecule has 1 aromatic rings. The molecule has 8 nitrogen and oxygen atoms in total. The van der Waals surface area contributed by atoms with Gasteiger partial charge in [0, 0.05) is 51.8 Å². The molecule has 0 radical (unpaired) electrons. The van der Waals surface area contributed by atoms with Crippen LogP contribution in [0.2, 0.25) is 0 Å². The van der Waals surface area contributed by atoms with Crippen LogP contribution in [0.3, 0.4) is 0 Å². The third kappa shape index (κ3) is 5.98. The van der Waals surface area contributed by atoms with Gasteiger partial charge in [-0.25, -0.2) is 0 Å². The van der Waals surface area contributed by atoms with Crippen LogP contribution in [0.1, 0.15) is 29.6 Å². The highest BCUT2D eigenvalue weighted by Crippen LogP contribution is 2.30. The SMILES string of the molecule is CN1CCC(=O)Nc2cc(C(=O)N3CCCC(C(=O)NCCN)C3)ccc21.Cl.Cl. The maximum Gasteiger partial charge on any atom is 0.253 e. The monoisotopic (exact) mass is 445 g/mol. The second kappa shape index (κ2) is 11.2. The molecule has 2 heterocycles. The number of fused-ring (bicyclic) bond motifs is 1. The molecule has 1 saturated heterocycles. The molecule has 1 aromatic carbocycles. The number of rotatable bonds is 4. The van der Waals surface area contributed by atoms with Crippen LogP contribution in [0.4, 0.5) is 11.4 Å². The van der Waals surface area contributed by atoms with Crippen molar-refractivity contribution in [1.29, 1.82) is 0 Å². The van der Waals surface area contributed by atoms with Crippen LogP contribution in [-0.4, -0.2) is 62.4 Å². The Labute approximate surface area is 183 Å². The number of hydrogen-bond acceptors (Lipinski definition) is 5. The summed E-state index contributed by atoms with van der Waals surface area (Å²) in [4.78, 5) is 40.8. The van der Waals surface area contributed by atoms with Gasteiger partial charge < -0.3 is 26.2 Å². The van der Waals surface area contributed by atoms with E-state index in [0.29, 0.717) is 50.4 Å². The lowest BCUT2D eigenvalue weighted by Crippen LogP contribution is -2.46. The minimum atomic E-state index is -0.207. The van der Waals surface area contributed by atoms with Gasteiger partial charge in [0.2, 0.25) is 11.8 Å². The Hall–Kier alpha value is -2.03. The second-order valence-corrected chi connectivity index (χ2v) is 7.12. The maximum absolute atomic E-state index is 13.0. The Morgan fingerprint density at radius 3 is 2.76 bits per heavy atom. The average Bonchev–Trinajstić information content (AvgIpc) is 2.83. The van der Waals surface area contributed by atoms with E-state index < -0.39 is 0 Å². The number of hydrogen-bond donors (Lipinski definition) is 3. The van der Waals surface area contributed by atoms with Crippen molar-refractivity contribution in [2.75, 3.05) is 50.0 Å². The highest BCUT2D eigenvalue weighted by Gasteiger charge is 2.29. The number of benzene rings is 1. The summed E-state index contributed by atoms with van der Waals surface area (Å²) in [7, 11) is 1.93. The van der Waals surface area contributed by atoms with Crippen molar-refractivity contribution in [3.05, 3.63) is 23.8 Å². The molecule has 0 aromatic heterocycles. The molecular weight excluding hydrogens is 417 g/mol. The number of piperidine rings is 1. The summed E-state index contributed by atoms with van der Waals surface area (Å²) < 4.78 is 0. The molecule has 1 atom stereocenters. The lowest BCUT2D eigenvalue weighted by molar-refractivity contribution is -0.126. The van der Waals surface area contributed by atoms with Crippen molar-refractivity contribution >= 4 is 53.9 Å². The highest BCUT2D eigenvalue weighted by molar-refractivity contribution is 6.01. The predicted octanol–water partition coefficient (Wildman–Crippen LogP) is 1.24. The number of nitrogens with two attached hydrogens (primary N) is 1. The van der Waals surface area contributed by atoms with Crippen LogP contribution in [0, 0.1) is 5.92 Å². The van der Waals surface area contributed by atoms with E-state index in [9.17, 15) is 14.4 Å². The third-order valence-corrected chi connectivity index (χ3v) is 5.13. The molecule has 1 fully saturated rings. The number of carbonyl (C=O) groups is 3. The van der Waals surface area contributed by atoms with Gasteiger partial charge in [-0.2, -0.15) is 0 Å². The summed E-state index contributed by atoms with van der Waals surface area (Å²) in [5, 5.41) is 5.68. The van der Waals surface area contributed by atoms with Crippen LogP contribution in [0.5, 0.6) is 0 Å². The van der Waals surface area contributed by atoms with Crippen molar-refractivity contribution < 1.29 is 14.4 Å². The molecule has 0 saturated carbocycles. The fraction of sp³-hybridized carbons (Fsp3) is 0.526. The van der Waals surface area contributed by atoms with E-state index in [1.54, 1.807) is 17.0 Å². The predicted molar refractivity (Wildman–Crippen MR) is 118 cm³/mol. The van der Waals surface area contributed by atoms with Crippen LogP contribution < -0.4 is 21.3 Å². The first kappa shape index (κ1) is 25.0. The van der Waals surface area contributed by atoms with Gasteiger partial charge in [0.15, 0.2) is 0 Å². The second-order valence-electron chi connectivity index (χ2n) is 7.12. The summed E-state index contributed by atoms with van der Waals surface area (Å²) in [6.07, 6.45) is 1.97. The summed E-state index contributed by atoms with van der Waals surface area (Å²) >= 11 is 0. The molecule has 10 heteroatoms. The zero-order chi connectivity index (χ0) is 19.4. The van der Waals surface area contributed by atoms with Gasteiger partial charge in [0.1, 0.15) is 0 Å². The minimum Gasteiger partial charge on any atom is -0.372 e. The van der Waals surface area contributed by atoms with Gasteiger partial charge in [-0.1, -0.05) is 0 Å². The molecule has 1 unspecified atom stereocenters. The molecule has 4 N–H and O–H groups in total. The number of nitrogens with one attached hydrogen (secondary N) is 2. The fourth-order valence-electron chi connectivity index (χ4n) is 3.60. The van der Waals surface area contributed by atoms with Crippen molar-refractivity contribution in [2.45, 2.75) is 19.3 Å². The molecular formula is C19H29Cl2N5O3. The number of carbonyl (C=O) groups excluding carboxylic acids is 3. The minimum absolute atomic E-state index is 0. The molecule has 3 amide bonds. The first-order valence-electron chi connectivity index (χ1n) is 9.41. The third-order valence-electron chi connectivity index (χ3n) is 5.13. The molecule has 0 bridgehead atoms. The summed E-state index contributed by atoms with van der Waals surface area (Å²) in [5.74, 6) is -0.426. The Kier molecular flexibility index (Phi) is 9.68. The van der Waals surface area contributed by atoms with Crippen LogP contribution in [0.25, 0.3) is 0 Å². The molecule has 0 spiro atoms. The molecule has 3 rings (SSSR count). The van der Waals surface area contributed by atoms with Crippen molar-refractivity contribution in [3.8, 4) is 0 Å². The number of likely N-dealkylation sites (tertiary alicyclic amines) is 1. The van der Waals surface area contributed by atoms with Gasteiger partial charge in [0.05, 0.1) is 17.3 Å². The summed E-state index contributed by atoms with van der Waals surface area (Å²) in [6.45, 7) is 2.51. The lowest BCUT2D eigenvalue weighted by atomic mass is 9.96. The highest BCUT2D eigenvalue weighted by atomic mass is 35.5.